The summed E-state index contributed by atoms with van der Waals surface area (Å²) in [6.07, 6.45) is 0. The first-order chi connectivity index (χ1) is 14.6. The molecule has 0 spiro atoms. The second kappa shape index (κ2) is 7.78. The molecule has 0 fully saturated rings. The Balaban J connectivity index is 1.56. The van der Waals surface area contributed by atoms with Gasteiger partial charge in [-0.05, 0) is 53.9 Å². The molecule has 5 rings (SSSR count). The highest BCUT2D eigenvalue weighted by molar-refractivity contribution is 7.98. The number of fused-ring (bicyclic) bond motifs is 2. The van der Waals surface area contributed by atoms with E-state index in [4.69, 9.17) is 21.7 Å². The largest absolute Gasteiger partial charge is 0.233 e. The minimum atomic E-state index is 0.725. The quantitative estimate of drug-likeness (QED) is 0.225. The summed E-state index contributed by atoms with van der Waals surface area (Å²) in [6, 6.07) is 25.0. The third kappa shape index (κ3) is 3.47. The van der Waals surface area contributed by atoms with Crippen LogP contribution in [0.3, 0.4) is 0 Å². The highest BCUT2D eigenvalue weighted by Crippen LogP contribution is 2.33. The number of thioether (sulfide) groups is 1. The van der Waals surface area contributed by atoms with Crippen LogP contribution in [0.4, 0.5) is 0 Å². The predicted molar refractivity (Wildman–Crippen MR) is 126 cm³/mol. The van der Waals surface area contributed by atoms with Crippen LogP contribution < -0.4 is 0 Å². The van der Waals surface area contributed by atoms with Gasteiger partial charge < -0.3 is 0 Å². The Hall–Kier alpha value is -2.82. The normalized spacial score (nSPS) is 11.4. The molecule has 0 bridgehead atoms. The molecule has 0 radical (unpaired) electrons. The summed E-state index contributed by atoms with van der Waals surface area (Å²) in [4.78, 5) is 4.81. The maximum atomic E-state index is 6.08. The number of nitrogens with zero attached hydrogens (tertiary/aromatic N) is 3. The first-order valence-corrected chi connectivity index (χ1v) is 11.2. The number of hydrogen-bond acceptors (Lipinski definition) is 3. The average Bonchev–Trinajstić information content (AvgIpc) is 3.08. The number of halogens is 1. The van der Waals surface area contributed by atoms with Crippen molar-refractivity contribution in [2.75, 3.05) is 0 Å². The van der Waals surface area contributed by atoms with Crippen molar-refractivity contribution in [3.05, 3.63) is 94.8 Å². The summed E-state index contributed by atoms with van der Waals surface area (Å²) in [6.45, 7) is 4.07. The number of hydrogen-bond donors (Lipinski definition) is 0. The van der Waals surface area contributed by atoms with Gasteiger partial charge >= 0.3 is 0 Å². The van der Waals surface area contributed by atoms with E-state index in [2.05, 4.69) is 48.5 Å². The van der Waals surface area contributed by atoms with Crippen molar-refractivity contribution >= 4 is 39.8 Å². The Morgan fingerprint density at radius 2 is 1.70 bits per heavy atom. The fourth-order valence-corrected chi connectivity index (χ4v) is 5.02. The smallest absolute Gasteiger partial charge is 0.164 e. The molecule has 5 aromatic rings. The van der Waals surface area contributed by atoms with Crippen molar-refractivity contribution in [2.24, 2.45) is 0 Å². The Morgan fingerprint density at radius 3 is 2.53 bits per heavy atom. The molecule has 0 saturated carbocycles. The van der Waals surface area contributed by atoms with Crippen LogP contribution in [-0.4, -0.2) is 14.6 Å². The molecule has 0 aliphatic rings. The lowest BCUT2D eigenvalue weighted by atomic mass is 10.1. The molecular weight excluding hydrogens is 410 g/mol. The van der Waals surface area contributed by atoms with Crippen LogP contribution in [0.15, 0.2) is 77.8 Å². The van der Waals surface area contributed by atoms with Crippen molar-refractivity contribution in [1.29, 1.82) is 0 Å². The Bertz CT molecular complexity index is 1370. The lowest BCUT2D eigenvalue weighted by Crippen LogP contribution is -1.98. The molecular formula is C25H20ClN3S. The van der Waals surface area contributed by atoms with E-state index in [1.54, 1.807) is 11.8 Å². The van der Waals surface area contributed by atoms with Gasteiger partial charge in [0.25, 0.3) is 0 Å². The summed E-state index contributed by atoms with van der Waals surface area (Å²) < 4.78 is 1.97. The SMILES string of the molecule is Cc1cc(SCc2cccc3ccccc23)n2nc(C)c(-c3ccc(Cl)cc3)c2n1. The van der Waals surface area contributed by atoms with Crippen LogP contribution >= 0.6 is 23.4 Å². The highest BCUT2D eigenvalue weighted by Gasteiger charge is 2.16. The van der Waals surface area contributed by atoms with E-state index in [9.17, 15) is 0 Å². The van der Waals surface area contributed by atoms with Gasteiger partial charge in [0.15, 0.2) is 5.65 Å². The summed E-state index contributed by atoms with van der Waals surface area (Å²) in [5, 5.41) is 9.21. The first-order valence-electron chi connectivity index (χ1n) is 9.82. The molecule has 30 heavy (non-hydrogen) atoms. The zero-order valence-electron chi connectivity index (χ0n) is 16.8. The summed E-state index contributed by atoms with van der Waals surface area (Å²) in [5.41, 5.74) is 6.29. The third-order valence-electron chi connectivity index (χ3n) is 5.25. The fourth-order valence-electron chi connectivity index (χ4n) is 3.84. The zero-order chi connectivity index (χ0) is 20.7. The number of aromatic nitrogens is 3. The third-order valence-corrected chi connectivity index (χ3v) is 6.54. The molecule has 0 saturated heterocycles. The second-order valence-electron chi connectivity index (χ2n) is 7.37. The van der Waals surface area contributed by atoms with Crippen LogP contribution in [0.25, 0.3) is 27.5 Å². The Kier molecular flexibility index (Phi) is 4.97. The van der Waals surface area contributed by atoms with E-state index in [1.165, 1.54) is 16.3 Å². The van der Waals surface area contributed by atoms with Crippen molar-refractivity contribution in [2.45, 2.75) is 24.6 Å². The molecule has 0 amide bonds. The molecule has 0 atom stereocenters. The summed E-state index contributed by atoms with van der Waals surface area (Å²) in [7, 11) is 0. The molecule has 0 N–H and O–H groups in total. The maximum absolute atomic E-state index is 6.08. The first kappa shape index (κ1) is 19.2. The number of benzene rings is 3. The van der Waals surface area contributed by atoms with Crippen molar-refractivity contribution in [3.63, 3.8) is 0 Å². The van der Waals surface area contributed by atoms with Crippen molar-refractivity contribution < 1.29 is 0 Å². The predicted octanol–water partition coefficient (Wildman–Crippen LogP) is 7.11. The van der Waals surface area contributed by atoms with Gasteiger partial charge in [-0.2, -0.15) is 5.10 Å². The standard InChI is InChI=1S/C25H20ClN3S/c1-16-14-23(30-15-20-8-5-7-18-6-3-4-9-22(18)20)29-25(27-16)24(17(2)28-29)19-10-12-21(26)13-11-19/h3-14H,15H2,1-2H3. The van der Waals surface area contributed by atoms with Gasteiger partial charge in [-0.15, -0.1) is 11.8 Å². The zero-order valence-corrected chi connectivity index (χ0v) is 18.3. The summed E-state index contributed by atoms with van der Waals surface area (Å²) in [5.74, 6) is 0.870. The van der Waals surface area contributed by atoms with E-state index < -0.39 is 0 Å². The lowest BCUT2D eigenvalue weighted by molar-refractivity contribution is 0.821. The number of rotatable bonds is 4. The fraction of sp³-hybridized carbons (Fsp3) is 0.120. The summed E-state index contributed by atoms with van der Waals surface area (Å²) >= 11 is 7.87. The lowest BCUT2D eigenvalue weighted by Gasteiger charge is -2.09. The van der Waals surface area contributed by atoms with Gasteiger partial charge in [0.2, 0.25) is 0 Å². The van der Waals surface area contributed by atoms with Crippen LogP contribution in [0, 0.1) is 13.8 Å². The van der Waals surface area contributed by atoms with E-state index in [0.717, 1.165) is 44.0 Å². The average molecular weight is 430 g/mol. The molecule has 0 aliphatic carbocycles. The molecule has 0 unspecified atom stereocenters. The molecule has 3 nitrogen and oxygen atoms in total. The van der Waals surface area contributed by atoms with Crippen LogP contribution in [0.5, 0.6) is 0 Å². The minimum Gasteiger partial charge on any atom is -0.233 e. The molecule has 2 heterocycles. The van der Waals surface area contributed by atoms with Gasteiger partial charge in [0, 0.05) is 22.0 Å². The van der Waals surface area contributed by atoms with Crippen molar-refractivity contribution in [3.8, 4) is 11.1 Å². The molecule has 148 valence electrons. The second-order valence-corrected chi connectivity index (χ2v) is 8.80. The van der Waals surface area contributed by atoms with Gasteiger partial charge in [-0.25, -0.2) is 9.50 Å². The van der Waals surface area contributed by atoms with E-state index in [-0.39, 0.29) is 0 Å². The van der Waals surface area contributed by atoms with Gasteiger partial charge in [0.05, 0.1) is 5.69 Å². The van der Waals surface area contributed by atoms with Gasteiger partial charge in [0.1, 0.15) is 5.03 Å². The monoisotopic (exact) mass is 429 g/mol. The molecule has 3 aromatic carbocycles. The Labute approximate surface area is 184 Å². The van der Waals surface area contributed by atoms with Gasteiger partial charge in [-0.3, -0.25) is 0 Å². The van der Waals surface area contributed by atoms with Crippen LogP contribution in [0.1, 0.15) is 17.0 Å². The maximum Gasteiger partial charge on any atom is 0.164 e. The van der Waals surface area contributed by atoms with E-state index in [0.29, 0.717) is 0 Å². The van der Waals surface area contributed by atoms with Gasteiger partial charge in [-0.1, -0.05) is 66.2 Å². The Morgan fingerprint density at radius 1 is 0.933 bits per heavy atom. The topological polar surface area (TPSA) is 30.2 Å². The van der Waals surface area contributed by atoms with E-state index in [1.807, 2.05) is 42.6 Å². The molecule has 5 heteroatoms. The van der Waals surface area contributed by atoms with Crippen LogP contribution in [0.2, 0.25) is 5.02 Å². The molecule has 0 aliphatic heterocycles. The van der Waals surface area contributed by atoms with Crippen LogP contribution in [-0.2, 0) is 5.75 Å². The highest BCUT2D eigenvalue weighted by atomic mass is 35.5. The van der Waals surface area contributed by atoms with E-state index >= 15 is 0 Å². The van der Waals surface area contributed by atoms with Crippen molar-refractivity contribution in [1.82, 2.24) is 14.6 Å². The number of aryl methyl sites for hydroxylation is 2. The minimum absolute atomic E-state index is 0.725. The molecule has 2 aromatic heterocycles.